The topological polar surface area (TPSA) is 24.4 Å². The highest BCUT2D eigenvalue weighted by Crippen LogP contribution is 2.30. The summed E-state index contributed by atoms with van der Waals surface area (Å²) >= 11 is 1.96. The van der Waals surface area contributed by atoms with E-state index in [0.717, 1.165) is 30.5 Å². The molecule has 0 bridgehead atoms. The molecule has 2 rings (SSSR count). The van der Waals surface area contributed by atoms with Crippen molar-refractivity contribution >= 4 is 16.9 Å². The summed E-state index contributed by atoms with van der Waals surface area (Å²) in [5.74, 6) is 0.803. The number of hydrogen-bond acceptors (Lipinski definition) is 3. The van der Waals surface area contributed by atoms with E-state index in [-0.39, 0.29) is 0 Å². The Hall–Kier alpha value is -0.960. The van der Waals surface area contributed by atoms with E-state index in [4.69, 9.17) is 4.99 Å². The Labute approximate surface area is 133 Å². The molecule has 116 valence electrons. The van der Waals surface area contributed by atoms with Crippen LogP contribution in [-0.2, 0) is 6.42 Å². The normalized spacial score (nSPS) is 19.6. The van der Waals surface area contributed by atoms with Gasteiger partial charge in [-0.05, 0) is 31.2 Å². The molecular weight excluding hydrogens is 276 g/mol. The monoisotopic (exact) mass is 304 g/mol. The predicted octanol–water partition coefficient (Wildman–Crippen LogP) is 4.50. The third-order valence-corrected chi connectivity index (χ3v) is 5.64. The molecule has 21 heavy (non-hydrogen) atoms. The van der Waals surface area contributed by atoms with E-state index in [2.05, 4.69) is 56.4 Å². The minimum absolute atomic E-state index is 0.483. The standard InChI is InChI=1S/C18H28N2S/c1-4-16(5-2)17-13-19-18(21-17)20-14(3)11-12-15-9-7-6-8-10-15/h6-10,14,16-17H,4-5,11-13H2,1-3H3,(H,19,20). The van der Waals surface area contributed by atoms with E-state index in [0.29, 0.717) is 11.3 Å². The van der Waals surface area contributed by atoms with Crippen LogP contribution >= 0.6 is 11.8 Å². The van der Waals surface area contributed by atoms with E-state index < -0.39 is 0 Å². The van der Waals surface area contributed by atoms with Crippen LogP contribution in [-0.4, -0.2) is 23.0 Å². The summed E-state index contributed by atoms with van der Waals surface area (Å²) < 4.78 is 0. The zero-order chi connectivity index (χ0) is 15.1. The molecule has 2 atom stereocenters. The zero-order valence-corrected chi connectivity index (χ0v) is 14.3. The van der Waals surface area contributed by atoms with Gasteiger partial charge in [0.1, 0.15) is 0 Å². The van der Waals surface area contributed by atoms with Crippen molar-refractivity contribution in [3.63, 3.8) is 0 Å². The SMILES string of the molecule is CCC(CC)C1CN=C(NC(C)CCc2ccccc2)S1. The van der Waals surface area contributed by atoms with E-state index >= 15 is 0 Å². The molecule has 2 unspecified atom stereocenters. The van der Waals surface area contributed by atoms with Crippen LogP contribution in [0.1, 0.15) is 45.6 Å². The summed E-state index contributed by atoms with van der Waals surface area (Å²) in [6.45, 7) is 7.84. The van der Waals surface area contributed by atoms with Gasteiger partial charge >= 0.3 is 0 Å². The summed E-state index contributed by atoms with van der Waals surface area (Å²) in [6.07, 6.45) is 4.81. The van der Waals surface area contributed by atoms with Gasteiger partial charge in [0.25, 0.3) is 0 Å². The van der Waals surface area contributed by atoms with Crippen LogP contribution in [0.3, 0.4) is 0 Å². The fourth-order valence-corrected chi connectivity index (χ4v) is 4.27. The van der Waals surface area contributed by atoms with E-state index in [1.165, 1.54) is 18.4 Å². The third-order valence-electron chi connectivity index (χ3n) is 4.33. The van der Waals surface area contributed by atoms with Crippen molar-refractivity contribution in [1.29, 1.82) is 0 Å². The van der Waals surface area contributed by atoms with Gasteiger partial charge in [0.2, 0.25) is 0 Å². The lowest BCUT2D eigenvalue weighted by atomic mass is 9.99. The summed E-state index contributed by atoms with van der Waals surface area (Å²) in [6, 6.07) is 11.2. The van der Waals surface area contributed by atoms with Crippen LogP contribution in [0.15, 0.2) is 35.3 Å². The minimum Gasteiger partial charge on any atom is -0.362 e. The summed E-state index contributed by atoms with van der Waals surface area (Å²) in [5, 5.41) is 5.44. The second kappa shape index (κ2) is 8.47. The van der Waals surface area contributed by atoms with Crippen LogP contribution in [0.25, 0.3) is 0 Å². The molecule has 0 aromatic heterocycles. The molecule has 0 spiro atoms. The van der Waals surface area contributed by atoms with Crippen molar-refractivity contribution in [2.45, 2.75) is 57.7 Å². The summed E-state index contributed by atoms with van der Waals surface area (Å²) in [7, 11) is 0. The molecule has 0 saturated heterocycles. The van der Waals surface area contributed by atoms with Gasteiger partial charge in [0, 0.05) is 11.3 Å². The van der Waals surface area contributed by atoms with E-state index in [1.807, 2.05) is 11.8 Å². The van der Waals surface area contributed by atoms with Gasteiger partial charge in [-0.15, -0.1) is 0 Å². The Morgan fingerprint density at radius 2 is 1.95 bits per heavy atom. The number of thioether (sulfide) groups is 1. The van der Waals surface area contributed by atoms with Gasteiger partial charge < -0.3 is 5.32 Å². The first-order chi connectivity index (χ1) is 10.2. The van der Waals surface area contributed by atoms with Crippen molar-refractivity contribution in [3.05, 3.63) is 35.9 Å². The molecule has 1 aromatic rings. The highest BCUT2D eigenvalue weighted by molar-refractivity contribution is 8.14. The smallest absolute Gasteiger partial charge is 0.157 e. The lowest BCUT2D eigenvalue weighted by molar-refractivity contribution is 0.479. The predicted molar refractivity (Wildman–Crippen MR) is 95.1 cm³/mol. The number of aliphatic imine (C=N–C) groups is 1. The highest BCUT2D eigenvalue weighted by Gasteiger charge is 2.26. The maximum Gasteiger partial charge on any atom is 0.157 e. The van der Waals surface area contributed by atoms with Gasteiger partial charge in [-0.1, -0.05) is 68.8 Å². The number of hydrogen-bond donors (Lipinski definition) is 1. The fraction of sp³-hybridized carbons (Fsp3) is 0.611. The Bertz CT molecular complexity index is 440. The van der Waals surface area contributed by atoms with Gasteiger partial charge in [-0.25, -0.2) is 0 Å². The number of aryl methyl sites for hydroxylation is 1. The first kappa shape index (κ1) is 16.4. The van der Waals surface area contributed by atoms with Gasteiger partial charge in [-0.3, -0.25) is 4.99 Å². The molecule has 1 aliphatic heterocycles. The Balaban J connectivity index is 1.72. The quantitative estimate of drug-likeness (QED) is 0.802. The molecule has 3 heteroatoms. The fourth-order valence-electron chi connectivity index (χ4n) is 2.84. The molecule has 0 fully saturated rings. The van der Waals surface area contributed by atoms with Crippen molar-refractivity contribution in [3.8, 4) is 0 Å². The van der Waals surface area contributed by atoms with Crippen molar-refractivity contribution in [1.82, 2.24) is 5.32 Å². The summed E-state index contributed by atoms with van der Waals surface area (Å²) in [4.78, 5) is 4.70. The third kappa shape index (κ3) is 5.06. The minimum atomic E-state index is 0.483. The average Bonchev–Trinajstić information content (AvgIpc) is 2.96. The number of benzene rings is 1. The van der Waals surface area contributed by atoms with Crippen LogP contribution in [0.4, 0.5) is 0 Å². The molecular formula is C18H28N2S. The number of rotatable bonds is 7. The zero-order valence-electron chi connectivity index (χ0n) is 13.5. The molecule has 1 heterocycles. The van der Waals surface area contributed by atoms with Crippen molar-refractivity contribution in [2.75, 3.05) is 6.54 Å². The molecule has 1 aliphatic rings. The average molecular weight is 305 g/mol. The van der Waals surface area contributed by atoms with Gasteiger partial charge in [0.15, 0.2) is 5.17 Å². The number of nitrogens with zero attached hydrogens (tertiary/aromatic N) is 1. The highest BCUT2D eigenvalue weighted by atomic mass is 32.2. The number of nitrogens with one attached hydrogen (secondary N) is 1. The Morgan fingerprint density at radius 3 is 2.62 bits per heavy atom. The van der Waals surface area contributed by atoms with Gasteiger partial charge in [0.05, 0.1) is 6.54 Å². The molecule has 1 aromatic carbocycles. The second-order valence-corrected chi connectivity index (χ2v) is 7.18. The van der Waals surface area contributed by atoms with Gasteiger partial charge in [-0.2, -0.15) is 0 Å². The number of amidine groups is 1. The Kier molecular flexibility index (Phi) is 6.62. The summed E-state index contributed by atoms with van der Waals surface area (Å²) in [5.41, 5.74) is 1.42. The Morgan fingerprint density at radius 1 is 1.24 bits per heavy atom. The molecule has 2 nitrogen and oxygen atoms in total. The first-order valence-electron chi connectivity index (χ1n) is 8.24. The van der Waals surface area contributed by atoms with Crippen LogP contribution in [0.2, 0.25) is 0 Å². The van der Waals surface area contributed by atoms with E-state index in [9.17, 15) is 0 Å². The lowest BCUT2D eigenvalue weighted by Gasteiger charge is -2.20. The first-order valence-corrected chi connectivity index (χ1v) is 9.12. The van der Waals surface area contributed by atoms with Crippen molar-refractivity contribution in [2.24, 2.45) is 10.9 Å². The van der Waals surface area contributed by atoms with Crippen molar-refractivity contribution < 1.29 is 0 Å². The maximum absolute atomic E-state index is 4.70. The molecule has 1 N–H and O–H groups in total. The van der Waals surface area contributed by atoms with Crippen LogP contribution in [0.5, 0.6) is 0 Å². The molecule has 0 aliphatic carbocycles. The molecule has 0 amide bonds. The van der Waals surface area contributed by atoms with E-state index in [1.54, 1.807) is 0 Å². The van der Waals surface area contributed by atoms with Crippen LogP contribution in [0, 0.1) is 5.92 Å². The molecule has 0 radical (unpaired) electrons. The van der Waals surface area contributed by atoms with Crippen LogP contribution < -0.4 is 5.32 Å². The maximum atomic E-state index is 4.70. The largest absolute Gasteiger partial charge is 0.362 e. The second-order valence-electron chi connectivity index (χ2n) is 5.95. The molecule has 0 saturated carbocycles. The lowest BCUT2D eigenvalue weighted by Crippen LogP contribution is -2.30.